The third-order valence-electron chi connectivity index (χ3n) is 3.13. The zero-order valence-electron chi connectivity index (χ0n) is 9.95. The van der Waals surface area contributed by atoms with Gasteiger partial charge in [-0.1, -0.05) is 18.6 Å². The van der Waals surface area contributed by atoms with Crippen molar-refractivity contribution in [1.29, 1.82) is 0 Å². The van der Waals surface area contributed by atoms with E-state index in [1.807, 2.05) is 26.0 Å². The molecule has 1 fully saturated rings. The quantitative estimate of drug-likeness (QED) is 0.699. The van der Waals surface area contributed by atoms with Crippen LogP contribution in [0.4, 0.5) is 0 Å². The standard InChI is InChI=1S/C14H19ClO/c1-10(2)16-13-8-6-12(7-9-13)14(15)11-4-3-5-11/h6-11,14H,3-5H2,1-2H3. The molecule has 0 radical (unpaired) electrons. The molecule has 0 saturated heterocycles. The maximum atomic E-state index is 6.43. The molecule has 0 aliphatic heterocycles. The minimum atomic E-state index is 0.182. The van der Waals surface area contributed by atoms with Gasteiger partial charge < -0.3 is 4.74 Å². The number of hydrogen-bond acceptors (Lipinski definition) is 1. The number of benzene rings is 1. The predicted molar refractivity (Wildman–Crippen MR) is 68.1 cm³/mol. The van der Waals surface area contributed by atoms with E-state index in [-0.39, 0.29) is 11.5 Å². The average molecular weight is 239 g/mol. The van der Waals surface area contributed by atoms with Gasteiger partial charge in [0.05, 0.1) is 11.5 Å². The van der Waals surface area contributed by atoms with E-state index in [2.05, 4.69) is 12.1 Å². The molecule has 1 atom stereocenters. The molecule has 1 saturated carbocycles. The van der Waals surface area contributed by atoms with Crippen LogP contribution in [-0.2, 0) is 0 Å². The van der Waals surface area contributed by atoms with Crippen LogP contribution in [0, 0.1) is 5.92 Å². The van der Waals surface area contributed by atoms with Gasteiger partial charge in [-0.05, 0) is 50.3 Å². The summed E-state index contributed by atoms with van der Waals surface area (Å²) in [6.07, 6.45) is 4.11. The average Bonchev–Trinajstić information content (AvgIpc) is 2.15. The van der Waals surface area contributed by atoms with Crippen LogP contribution in [0.25, 0.3) is 0 Å². The van der Waals surface area contributed by atoms with Gasteiger partial charge in [0.15, 0.2) is 0 Å². The molecule has 1 unspecified atom stereocenters. The first-order valence-corrected chi connectivity index (χ1v) is 6.51. The molecule has 0 N–H and O–H groups in total. The Morgan fingerprint density at radius 2 is 1.81 bits per heavy atom. The minimum absolute atomic E-state index is 0.182. The molecule has 16 heavy (non-hydrogen) atoms. The molecule has 0 spiro atoms. The first kappa shape index (κ1) is 11.8. The van der Waals surface area contributed by atoms with Crippen LogP contribution in [-0.4, -0.2) is 6.10 Å². The predicted octanol–water partition coefficient (Wildman–Crippen LogP) is 4.55. The SMILES string of the molecule is CC(C)Oc1ccc(C(Cl)C2CCC2)cc1. The summed E-state index contributed by atoms with van der Waals surface area (Å²) in [4.78, 5) is 0. The summed E-state index contributed by atoms with van der Waals surface area (Å²) in [5.74, 6) is 1.61. The molecular formula is C14H19ClO. The molecule has 1 nitrogen and oxygen atoms in total. The fourth-order valence-corrected chi connectivity index (χ4v) is 2.40. The summed E-state index contributed by atoms with van der Waals surface area (Å²) in [5, 5.41) is 0.182. The molecule has 1 aromatic rings. The highest BCUT2D eigenvalue weighted by Gasteiger charge is 2.26. The van der Waals surface area contributed by atoms with Crippen LogP contribution >= 0.6 is 11.6 Å². The van der Waals surface area contributed by atoms with Gasteiger partial charge in [0.25, 0.3) is 0 Å². The molecular weight excluding hydrogens is 220 g/mol. The normalized spacial score (nSPS) is 18.2. The molecule has 1 aliphatic rings. The minimum Gasteiger partial charge on any atom is -0.491 e. The smallest absolute Gasteiger partial charge is 0.119 e. The number of halogens is 1. The van der Waals surface area contributed by atoms with E-state index in [1.165, 1.54) is 24.8 Å². The molecule has 1 aliphatic carbocycles. The Labute approximate surface area is 103 Å². The summed E-state index contributed by atoms with van der Waals surface area (Å²) in [6, 6.07) is 8.22. The molecule has 0 amide bonds. The Morgan fingerprint density at radius 1 is 1.19 bits per heavy atom. The zero-order chi connectivity index (χ0) is 11.5. The van der Waals surface area contributed by atoms with Crippen LogP contribution in [0.1, 0.15) is 44.1 Å². The monoisotopic (exact) mass is 238 g/mol. The van der Waals surface area contributed by atoms with Crippen molar-refractivity contribution >= 4 is 11.6 Å². The zero-order valence-corrected chi connectivity index (χ0v) is 10.7. The van der Waals surface area contributed by atoms with E-state index in [9.17, 15) is 0 Å². The summed E-state index contributed by atoms with van der Waals surface area (Å²) in [7, 11) is 0. The highest BCUT2D eigenvalue weighted by molar-refractivity contribution is 6.21. The summed E-state index contributed by atoms with van der Waals surface area (Å²) < 4.78 is 5.61. The molecule has 0 heterocycles. The Balaban J connectivity index is 2.00. The lowest BCUT2D eigenvalue weighted by molar-refractivity contribution is 0.242. The van der Waals surface area contributed by atoms with E-state index in [0.717, 1.165) is 5.75 Å². The third-order valence-corrected chi connectivity index (χ3v) is 3.74. The van der Waals surface area contributed by atoms with Crippen LogP contribution in [0.5, 0.6) is 5.75 Å². The number of alkyl halides is 1. The van der Waals surface area contributed by atoms with Gasteiger partial charge in [-0.2, -0.15) is 0 Å². The third kappa shape index (κ3) is 2.70. The van der Waals surface area contributed by atoms with Crippen molar-refractivity contribution in [3.63, 3.8) is 0 Å². The van der Waals surface area contributed by atoms with Crippen molar-refractivity contribution < 1.29 is 4.74 Å². The molecule has 2 heteroatoms. The Kier molecular flexibility index (Phi) is 3.75. The van der Waals surface area contributed by atoms with Crippen LogP contribution in [0.2, 0.25) is 0 Å². The lowest BCUT2D eigenvalue weighted by atomic mass is 9.80. The van der Waals surface area contributed by atoms with Crippen molar-refractivity contribution in [2.45, 2.75) is 44.6 Å². The van der Waals surface area contributed by atoms with Crippen molar-refractivity contribution in [3.8, 4) is 5.75 Å². The summed E-state index contributed by atoms with van der Waals surface area (Å²) >= 11 is 6.43. The van der Waals surface area contributed by atoms with Gasteiger partial charge in [-0.3, -0.25) is 0 Å². The lowest BCUT2D eigenvalue weighted by Gasteiger charge is -2.30. The first-order valence-electron chi connectivity index (χ1n) is 6.07. The van der Waals surface area contributed by atoms with Crippen molar-refractivity contribution in [2.75, 3.05) is 0 Å². The molecule has 0 bridgehead atoms. The van der Waals surface area contributed by atoms with Crippen molar-refractivity contribution in [3.05, 3.63) is 29.8 Å². The number of rotatable bonds is 4. The Bertz CT molecular complexity index is 327. The largest absolute Gasteiger partial charge is 0.491 e. The maximum absolute atomic E-state index is 6.43. The van der Waals surface area contributed by atoms with Crippen LogP contribution in [0.3, 0.4) is 0 Å². The second-order valence-corrected chi connectivity index (χ2v) is 5.30. The highest BCUT2D eigenvalue weighted by atomic mass is 35.5. The molecule has 1 aromatic carbocycles. The highest BCUT2D eigenvalue weighted by Crippen LogP contribution is 2.41. The van der Waals surface area contributed by atoms with Gasteiger partial charge >= 0.3 is 0 Å². The first-order chi connectivity index (χ1) is 7.66. The van der Waals surface area contributed by atoms with E-state index in [1.54, 1.807) is 0 Å². The van der Waals surface area contributed by atoms with E-state index in [0.29, 0.717) is 5.92 Å². The van der Waals surface area contributed by atoms with Crippen molar-refractivity contribution in [2.24, 2.45) is 5.92 Å². The lowest BCUT2D eigenvalue weighted by Crippen LogP contribution is -2.16. The van der Waals surface area contributed by atoms with Gasteiger partial charge in [0.2, 0.25) is 0 Å². The van der Waals surface area contributed by atoms with Gasteiger partial charge in [0, 0.05) is 0 Å². The maximum Gasteiger partial charge on any atom is 0.119 e. The van der Waals surface area contributed by atoms with Gasteiger partial charge in [-0.15, -0.1) is 11.6 Å². The van der Waals surface area contributed by atoms with E-state index < -0.39 is 0 Å². The van der Waals surface area contributed by atoms with E-state index >= 15 is 0 Å². The summed E-state index contributed by atoms with van der Waals surface area (Å²) in [6.45, 7) is 4.07. The van der Waals surface area contributed by atoms with Crippen LogP contribution < -0.4 is 4.74 Å². The number of hydrogen-bond donors (Lipinski definition) is 0. The van der Waals surface area contributed by atoms with Crippen molar-refractivity contribution in [1.82, 2.24) is 0 Å². The second kappa shape index (κ2) is 5.09. The van der Waals surface area contributed by atoms with Gasteiger partial charge in [0.1, 0.15) is 5.75 Å². The van der Waals surface area contributed by atoms with E-state index in [4.69, 9.17) is 16.3 Å². The Morgan fingerprint density at radius 3 is 2.25 bits per heavy atom. The second-order valence-electron chi connectivity index (χ2n) is 4.83. The Hall–Kier alpha value is -0.690. The fraction of sp³-hybridized carbons (Fsp3) is 0.571. The van der Waals surface area contributed by atoms with Crippen LogP contribution in [0.15, 0.2) is 24.3 Å². The number of ether oxygens (including phenoxy) is 1. The topological polar surface area (TPSA) is 9.23 Å². The van der Waals surface area contributed by atoms with Gasteiger partial charge in [-0.25, -0.2) is 0 Å². The fourth-order valence-electron chi connectivity index (χ4n) is 2.01. The molecule has 2 rings (SSSR count). The molecule has 88 valence electrons. The molecule has 0 aromatic heterocycles. The summed E-state index contributed by atoms with van der Waals surface area (Å²) in [5.41, 5.74) is 1.22.